The second-order valence-electron chi connectivity index (χ2n) is 5.12. The molecule has 1 aromatic carbocycles. The molecule has 2 aromatic rings. The van der Waals surface area contributed by atoms with Crippen LogP contribution in [0, 0.1) is 5.82 Å². The molecule has 0 aliphatic carbocycles. The highest BCUT2D eigenvalue weighted by Crippen LogP contribution is 2.34. The number of carboxylic acids is 1. The fraction of sp³-hybridized carbons (Fsp3) is 0.400. The van der Waals surface area contributed by atoms with Gasteiger partial charge in [-0.1, -0.05) is 6.07 Å². The van der Waals surface area contributed by atoms with Gasteiger partial charge in [0.05, 0.1) is 6.61 Å². The number of thiophene rings is 1. The lowest BCUT2D eigenvalue weighted by molar-refractivity contribution is 0.0699. The monoisotopic (exact) mass is 311 g/mol. The number of aliphatic hydroxyl groups excluding tert-OH is 1. The third kappa shape index (κ3) is 3.23. The van der Waals surface area contributed by atoms with Crippen LogP contribution in [0.5, 0.6) is 0 Å². The fourth-order valence-electron chi connectivity index (χ4n) is 2.34. The minimum absolute atomic E-state index is 0.0227. The summed E-state index contributed by atoms with van der Waals surface area (Å²) in [6, 6.07) is 4.78. The van der Waals surface area contributed by atoms with Gasteiger partial charge in [-0.25, -0.2) is 9.18 Å². The molecule has 0 saturated carbocycles. The van der Waals surface area contributed by atoms with Crippen LogP contribution < -0.4 is 0 Å². The second kappa shape index (κ2) is 6.51. The first-order valence-electron chi connectivity index (χ1n) is 6.73. The van der Waals surface area contributed by atoms with Gasteiger partial charge >= 0.3 is 5.97 Å². The molecule has 1 aromatic heterocycles. The zero-order valence-electron chi connectivity index (χ0n) is 12.0. The Kier molecular flexibility index (Phi) is 4.92. The molecule has 1 heterocycles. The normalized spacial score (nSPS) is 11.7. The van der Waals surface area contributed by atoms with Crippen LogP contribution in [0.1, 0.15) is 29.1 Å². The lowest BCUT2D eigenvalue weighted by Gasteiger charge is -2.25. The SMILES string of the molecule is CC(C)N(CCO)Cc1c(C(=O)O)sc2cccc(F)c12. The Bertz CT molecular complexity index is 654. The maximum Gasteiger partial charge on any atom is 0.346 e. The van der Waals surface area contributed by atoms with Gasteiger partial charge in [-0.15, -0.1) is 11.3 Å². The maximum absolute atomic E-state index is 14.1. The first-order chi connectivity index (χ1) is 9.95. The predicted octanol–water partition coefficient (Wildman–Crippen LogP) is 2.94. The van der Waals surface area contributed by atoms with Gasteiger partial charge in [0.2, 0.25) is 0 Å². The van der Waals surface area contributed by atoms with Crippen LogP contribution in [0.2, 0.25) is 0 Å². The van der Waals surface area contributed by atoms with Crippen molar-refractivity contribution in [3.8, 4) is 0 Å². The number of rotatable bonds is 6. The molecule has 2 N–H and O–H groups in total. The van der Waals surface area contributed by atoms with Crippen LogP contribution in [0.25, 0.3) is 10.1 Å². The molecule has 4 nitrogen and oxygen atoms in total. The summed E-state index contributed by atoms with van der Waals surface area (Å²) in [6.45, 7) is 4.62. The van der Waals surface area contributed by atoms with Crippen LogP contribution in [-0.2, 0) is 6.54 Å². The van der Waals surface area contributed by atoms with E-state index in [1.807, 2.05) is 18.7 Å². The van der Waals surface area contributed by atoms with Crippen molar-refractivity contribution < 1.29 is 19.4 Å². The average Bonchev–Trinajstić information content (AvgIpc) is 2.78. The summed E-state index contributed by atoms with van der Waals surface area (Å²) >= 11 is 1.09. The first kappa shape index (κ1) is 15.9. The van der Waals surface area contributed by atoms with Crippen LogP contribution in [-0.4, -0.2) is 40.3 Å². The van der Waals surface area contributed by atoms with Crippen LogP contribution >= 0.6 is 11.3 Å². The molecule has 0 bridgehead atoms. The Morgan fingerprint density at radius 1 is 1.43 bits per heavy atom. The van der Waals surface area contributed by atoms with E-state index in [2.05, 4.69) is 0 Å². The molecule has 0 amide bonds. The lowest BCUT2D eigenvalue weighted by Crippen LogP contribution is -2.33. The van der Waals surface area contributed by atoms with Crippen LogP contribution in [0.4, 0.5) is 4.39 Å². The highest BCUT2D eigenvalue weighted by atomic mass is 32.1. The summed E-state index contributed by atoms with van der Waals surface area (Å²) in [5.41, 5.74) is 0.489. The molecule has 0 atom stereocenters. The molecule has 2 rings (SSSR count). The Hall–Kier alpha value is -1.50. The number of benzene rings is 1. The van der Waals surface area contributed by atoms with E-state index in [1.165, 1.54) is 6.07 Å². The summed E-state index contributed by atoms with van der Waals surface area (Å²) in [5, 5.41) is 18.9. The fourth-order valence-corrected chi connectivity index (χ4v) is 3.41. The highest BCUT2D eigenvalue weighted by molar-refractivity contribution is 7.21. The van der Waals surface area contributed by atoms with E-state index in [4.69, 9.17) is 5.11 Å². The van der Waals surface area contributed by atoms with Crippen molar-refractivity contribution in [1.29, 1.82) is 0 Å². The molecule has 0 spiro atoms. The van der Waals surface area contributed by atoms with Crippen LogP contribution in [0.15, 0.2) is 18.2 Å². The molecule has 114 valence electrons. The van der Waals surface area contributed by atoms with Gasteiger partial charge in [-0.3, -0.25) is 4.90 Å². The Labute approximate surface area is 126 Å². The number of carboxylic acid groups (broad SMARTS) is 1. The third-order valence-electron chi connectivity index (χ3n) is 3.44. The number of hydrogen-bond acceptors (Lipinski definition) is 4. The maximum atomic E-state index is 14.1. The smallest absolute Gasteiger partial charge is 0.346 e. The quantitative estimate of drug-likeness (QED) is 0.861. The van der Waals surface area contributed by atoms with Crippen molar-refractivity contribution in [2.75, 3.05) is 13.2 Å². The molecule has 0 aliphatic rings. The van der Waals surface area contributed by atoms with E-state index in [-0.39, 0.29) is 17.5 Å². The van der Waals surface area contributed by atoms with Crippen molar-refractivity contribution in [3.05, 3.63) is 34.5 Å². The van der Waals surface area contributed by atoms with Gasteiger partial charge in [-0.2, -0.15) is 0 Å². The summed E-state index contributed by atoms with van der Waals surface area (Å²) in [7, 11) is 0. The Morgan fingerprint density at radius 3 is 2.71 bits per heavy atom. The standard InChI is InChI=1S/C15H18FNO3S/c1-9(2)17(6-7-18)8-10-13-11(16)4-3-5-12(13)21-14(10)15(19)20/h3-5,9,18H,6-8H2,1-2H3,(H,19,20). The zero-order valence-corrected chi connectivity index (χ0v) is 12.8. The summed E-state index contributed by atoms with van der Waals surface area (Å²) in [6.07, 6.45) is 0. The highest BCUT2D eigenvalue weighted by Gasteiger charge is 2.22. The van der Waals surface area contributed by atoms with E-state index in [9.17, 15) is 14.3 Å². The Morgan fingerprint density at radius 2 is 2.14 bits per heavy atom. The van der Waals surface area contributed by atoms with Gasteiger partial charge in [-0.05, 0) is 26.0 Å². The van der Waals surface area contributed by atoms with E-state index >= 15 is 0 Å². The Balaban J connectivity index is 2.54. The van der Waals surface area contributed by atoms with E-state index in [0.717, 1.165) is 11.3 Å². The molecule has 0 saturated heterocycles. The number of aliphatic hydroxyl groups is 1. The molecule has 0 aliphatic heterocycles. The molecule has 0 fully saturated rings. The number of fused-ring (bicyclic) bond motifs is 1. The number of halogens is 1. The number of aromatic carboxylic acids is 1. The van der Waals surface area contributed by atoms with E-state index in [0.29, 0.717) is 28.7 Å². The first-order valence-corrected chi connectivity index (χ1v) is 7.55. The topological polar surface area (TPSA) is 60.8 Å². The van der Waals surface area contributed by atoms with Crippen molar-refractivity contribution in [2.24, 2.45) is 0 Å². The summed E-state index contributed by atoms with van der Waals surface area (Å²) in [4.78, 5) is 13.5. The van der Waals surface area contributed by atoms with Crippen molar-refractivity contribution in [1.82, 2.24) is 4.90 Å². The lowest BCUT2D eigenvalue weighted by atomic mass is 10.1. The number of nitrogens with zero attached hydrogens (tertiary/aromatic N) is 1. The predicted molar refractivity (Wildman–Crippen MR) is 81.4 cm³/mol. The minimum atomic E-state index is -1.04. The molecule has 0 unspecified atom stereocenters. The van der Waals surface area contributed by atoms with E-state index < -0.39 is 11.8 Å². The van der Waals surface area contributed by atoms with E-state index in [1.54, 1.807) is 12.1 Å². The third-order valence-corrected chi connectivity index (χ3v) is 4.62. The van der Waals surface area contributed by atoms with Gasteiger partial charge in [0.1, 0.15) is 10.7 Å². The second-order valence-corrected chi connectivity index (χ2v) is 6.17. The zero-order chi connectivity index (χ0) is 15.6. The van der Waals surface area contributed by atoms with Crippen LogP contribution in [0.3, 0.4) is 0 Å². The molecule has 6 heteroatoms. The van der Waals surface area contributed by atoms with Gasteiger partial charge in [0.25, 0.3) is 0 Å². The number of hydrogen-bond donors (Lipinski definition) is 2. The van der Waals surface area contributed by atoms with Gasteiger partial charge < -0.3 is 10.2 Å². The summed E-state index contributed by atoms with van der Waals surface area (Å²) < 4.78 is 14.7. The molecular weight excluding hydrogens is 293 g/mol. The largest absolute Gasteiger partial charge is 0.477 e. The average molecular weight is 311 g/mol. The van der Waals surface area contributed by atoms with Crippen molar-refractivity contribution >= 4 is 27.4 Å². The van der Waals surface area contributed by atoms with Gasteiger partial charge in [0.15, 0.2) is 0 Å². The van der Waals surface area contributed by atoms with Crippen molar-refractivity contribution in [3.63, 3.8) is 0 Å². The molecule has 21 heavy (non-hydrogen) atoms. The minimum Gasteiger partial charge on any atom is -0.477 e. The molecular formula is C15H18FNO3S. The number of carbonyl (C=O) groups is 1. The molecule has 0 radical (unpaired) electrons. The van der Waals surface area contributed by atoms with Gasteiger partial charge in [0, 0.05) is 34.8 Å². The summed E-state index contributed by atoms with van der Waals surface area (Å²) in [5.74, 6) is -1.45. The van der Waals surface area contributed by atoms with Crippen molar-refractivity contribution in [2.45, 2.75) is 26.4 Å².